The molecule has 0 saturated heterocycles. The van der Waals surface area contributed by atoms with Crippen LogP contribution in [0.1, 0.15) is 11.4 Å². The van der Waals surface area contributed by atoms with Gasteiger partial charge in [0.25, 0.3) is 20.0 Å². The molecule has 0 aliphatic carbocycles. The fourth-order valence-electron chi connectivity index (χ4n) is 2.79. The van der Waals surface area contributed by atoms with E-state index in [-0.39, 0.29) is 26.9 Å². The summed E-state index contributed by atoms with van der Waals surface area (Å²) in [5.41, 5.74) is 0.494. The first-order valence-electron chi connectivity index (χ1n) is 7.91. The maximum Gasteiger partial charge on any atom is 0.268 e. The van der Waals surface area contributed by atoms with Crippen LogP contribution in [0.15, 0.2) is 70.5 Å². The fourth-order valence-corrected chi connectivity index (χ4v) is 5.81. The van der Waals surface area contributed by atoms with Crippen LogP contribution in [0.4, 0.5) is 10.1 Å². The Labute approximate surface area is 157 Å². The van der Waals surface area contributed by atoms with E-state index in [2.05, 4.69) is 4.72 Å². The summed E-state index contributed by atoms with van der Waals surface area (Å²) in [7, 11) is -8.00. The lowest BCUT2D eigenvalue weighted by Gasteiger charge is -2.12. The van der Waals surface area contributed by atoms with E-state index in [1.165, 1.54) is 44.2 Å². The van der Waals surface area contributed by atoms with Gasteiger partial charge in [0.2, 0.25) is 0 Å². The summed E-state index contributed by atoms with van der Waals surface area (Å²) in [6, 6.07) is 13.9. The quantitative estimate of drug-likeness (QED) is 0.702. The van der Waals surface area contributed by atoms with Crippen LogP contribution in [0, 0.1) is 19.7 Å². The van der Waals surface area contributed by atoms with Gasteiger partial charge in [-0.15, -0.1) is 0 Å². The van der Waals surface area contributed by atoms with E-state index in [1.807, 2.05) is 0 Å². The predicted molar refractivity (Wildman–Crippen MR) is 100 cm³/mol. The molecule has 1 aromatic heterocycles. The Morgan fingerprint density at radius 2 is 1.48 bits per heavy atom. The molecule has 2 aromatic carbocycles. The first kappa shape index (κ1) is 19.1. The van der Waals surface area contributed by atoms with Gasteiger partial charge in [0.1, 0.15) is 10.7 Å². The lowest BCUT2D eigenvalue weighted by atomic mass is 10.3. The van der Waals surface area contributed by atoms with Crippen LogP contribution in [-0.2, 0) is 20.0 Å². The summed E-state index contributed by atoms with van der Waals surface area (Å²) in [4.78, 5) is -0.105. The predicted octanol–water partition coefficient (Wildman–Crippen LogP) is 3.28. The molecule has 0 bridgehead atoms. The molecule has 0 unspecified atom stereocenters. The number of nitrogens with one attached hydrogen (secondary N) is 1. The van der Waals surface area contributed by atoms with Gasteiger partial charge in [-0.2, -0.15) is 0 Å². The molecule has 1 heterocycles. The summed E-state index contributed by atoms with van der Waals surface area (Å²) in [5, 5.41) is 0. The number of sulfonamides is 1. The number of halogens is 1. The van der Waals surface area contributed by atoms with E-state index in [0.29, 0.717) is 0 Å². The number of rotatable bonds is 5. The van der Waals surface area contributed by atoms with Crippen LogP contribution in [0.2, 0.25) is 0 Å². The zero-order valence-corrected chi connectivity index (χ0v) is 16.2. The molecule has 0 aliphatic heterocycles. The van der Waals surface area contributed by atoms with Crippen molar-refractivity contribution in [3.05, 3.63) is 77.9 Å². The van der Waals surface area contributed by atoms with Crippen molar-refractivity contribution in [3.63, 3.8) is 0 Å². The number of nitrogens with zero attached hydrogens (tertiary/aromatic N) is 1. The highest BCUT2D eigenvalue weighted by Crippen LogP contribution is 2.27. The number of hydrogen-bond donors (Lipinski definition) is 1. The van der Waals surface area contributed by atoms with Gasteiger partial charge >= 0.3 is 0 Å². The van der Waals surface area contributed by atoms with Gasteiger partial charge in [-0.25, -0.2) is 25.2 Å². The van der Waals surface area contributed by atoms with Crippen LogP contribution in [-0.4, -0.2) is 20.8 Å². The molecular formula is C18H17FN2O4S2. The topological polar surface area (TPSA) is 85.2 Å². The molecule has 1 N–H and O–H groups in total. The Balaban J connectivity index is 2.07. The largest absolute Gasteiger partial charge is 0.280 e. The molecule has 3 aromatic rings. The molecule has 0 atom stereocenters. The molecule has 9 heteroatoms. The molecule has 6 nitrogen and oxygen atoms in total. The Morgan fingerprint density at radius 3 is 2.07 bits per heavy atom. The summed E-state index contributed by atoms with van der Waals surface area (Å²) in [6.07, 6.45) is 0. The van der Waals surface area contributed by atoms with Gasteiger partial charge in [0.05, 0.1) is 10.6 Å². The first-order chi connectivity index (χ1) is 12.6. The van der Waals surface area contributed by atoms with Crippen molar-refractivity contribution in [1.29, 1.82) is 0 Å². The summed E-state index contributed by atoms with van der Waals surface area (Å²) < 4.78 is 67.6. The van der Waals surface area contributed by atoms with Crippen molar-refractivity contribution in [2.24, 2.45) is 0 Å². The number of anilines is 1. The van der Waals surface area contributed by atoms with E-state index < -0.39 is 25.9 Å². The average molecular weight is 408 g/mol. The van der Waals surface area contributed by atoms with Crippen molar-refractivity contribution < 1.29 is 21.2 Å². The summed E-state index contributed by atoms with van der Waals surface area (Å²) in [5.74, 6) is -0.495. The van der Waals surface area contributed by atoms with Crippen molar-refractivity contribution >= 4 is 25.7 Å². The lowest BCUT2D eigenvalue weighted by Crippen LogP contribution is -2.18. The van der Waals surface area contributed by atoms with Crippen molar-refractivity contribution in [2.75, 3.05) is 4.72 Å². The fraction of sp³-hybridized carbons (Fsp3) is 0.111. The molecule has 27 heavy (non-hydrogen) atoms. The number of hydrogen-bond acceptors (Lipinski definition) is 4. The van der Waals surface area contributed by atoms with Gasteiger partial charge < -0.3 is 0 Å². The van der Waals surface area contributed by atoms with E-state index in [4.69, 9.17) is 0 Å². The normalized spacial score (nSPS) is 12.1. The van der Waals surface area contributed by atoms with Crippen molar-refractivity contribution in [3.8, 4) is 0 Å². The second-order valence-corrected chi connectivity index (χ2v) is 9.37. The van der Waals surface area contributed by atoms with Crippen LogP contribution in [0.5, 0.6) is 0 Å². The zero-order chi connectivity index (χ0) is 19.8. The lowest BCUT2D eigenvalue weighted by molar-refractivity contribution is 0.584. The maximum atomic E-state index is 13.0. The third-order valence-corrected chi connectivity index (χ3v) is 7.40. The Kier molecular flexibility index (Phi) is 4.83. The highest BCUT2D eigenvalue weighted by molar-refractivity contribution is 7.93. The minimum absolute atomic E-state index is 0.0576. The Bertz CT molecular complexity index is 1180. The van der Waals surface area contributed by atoms with Gasteiger partial charge in [0.15, 0.2) is 0 Å². The van der Waals surface area contributed by atoms with E-state index >= 15 is 0 Å². The zero-order valence-electron chi connectivity index (χ0n) is 14.5. The molecule has 0 saturated carbocycles. The van der Waals surface area contributed by atoms with Crippen LogP contribution < -0.4 is 4.72 Å². The van der Waals surface area contributed by atoms with Crippen LogP contribution >= 0.6 is 0 Å². The maximum absolute atomic E-state index is 13.0. The smallest absolute Gasteiger partial charge is 0.268 e. The van der Waals surface area contributed by atoms with E-state index in [0.717, 1.165) is 16.1 Å². The molecule has 0 fully saturated rings. The minimum Gasteiger partial charge on any atom is -0.280 e. The first-order valence-corrected chi connectivity index (χ1v) is 10.8. The van der Waals surface area contributed by atoms with Gasteiger partial charge in [-0.05, 0) is 56.3 Å². The highest BCUT2D eigenvalue weighted by Gasteiger charge is 2.28. The summed E-state index contributed by atoms with van der Waals surface area (Å²) >= 11 is 0. The second kappa shape index (κ2) is 6.82. The number of aryl methyl sites for hydroxylation is 1. The van der Waals surface area contributed by atoms with E-state index in [9.17, 15) is 21.2 Å². The number of benzene rings is 2. The van der Waals surface area contributed by atoms with Gasteiger partial charge in [0, 0.05) is 11.4 Å². The van der Waals surface area contributed by atoms with Gasteiger partial charge in [-0.1, -0.05) is 18.2 Å². The Hall–Kier alpha value is -2.65. The third-order valence-electron chi connectivity index (χ3n) is 3.99. The van der Waals surface area contributed by atoms with Crippen LogP contribution in [0.3, 0.4) is 0 Å². The Morgan fingerprint density at radius 1 is 0.889 bits per heavy atom. The number of aromatic nitrogens is 1. The molecule has 0 aliphatic rings. The third kappa shape index (κ3) is 3.60. The van der Waals surface area contributed by atoms with Crippen molar-refractivity contribution in [2.45, 2.75) is 23.6 Å². The molecule has 0 spiro atoms. The highest BCUT2D eigenvalue weighted by atomic mass is 32.2. The summed E-state index contributed by atoms with van der Waals surface area (Å²) in [6.45, 7) is 2.94. The van der Waals surface area contributed by atoms with Crippen molar-refractivity contribution in [1.82, 2.24) is 3.97 Å². The SMILES string of the molecule is Cc1cc(S(=O)(=O)Nc2ccc(F)cc2)c(C)n1S(=O)(=O)c1ccccc1. The molecule has 0 radical (unpaired) electrons. The van der Waals surface area contributed by atoms with E-state index in [1.54, 1.807) is 18.2 Å². The monoisotopic (exact) mass is 408 g/mol. The second-order valence-electron chi connectivity index (χ2n) is 5.93. The standard InChI is InChI=1S/C18H17FN2O4S2/c1-13-12-18(26(22,23)20-16-10-8-15(19)9-11-16)14(2)21(13)27(24,25)17-6-4-3-5-7-17/h3-12,20H,1-2H3. The molecule has 0 amide bonds. The molecule has 3 rings (SSSR count). The van der Waals surface area contributed by atoms with Gasteiger partial charge in [-0.3, -0.25) is 4.72 Å². The molecule has 142 valence electrons. The molecular weight excluding hydrogens is 391 g/mol. The van der Waals surface area contributed by atoms with Crippen LogP contribution in [0.25, 0.3) is 0 Å². The average Bonchev–Trinajstić information content (AvgIpc) is 2.93. The minimum atomic E-state index is -4.06.